The Balaban J connectivity index is 1.76. The molecular formula is C14H26NO4+. The molecular weight excluding hydrogens is 246 g/mol. The second kappa shape index (κ2) is 6.68. The standard InChI is InChI=1S/C14H25NO4/c1-3-17-13(16)9-14(2)18-11-12(19-14)10-15-7-5-4-6-8-15/h12H,3-11H2,1-2H3/p+1. The molecule has 0 bridgehead atoms. The fourth-order valence-corrected chi connectivity index (χ4v) is 2.94. The summed E-state index contributed by atoms with van der Waals surface area (Å²) in [6.07, 6.45) is 4.25. The van der Waals surface area contributed by atoms with Crippen molar-refractivity contribution in [2.75, 3.05) is 32.8 Å². The first-order valence-electron chi connectivity index (χ1n) is 7.42. The molecule has 19 heavy (non-hydrogen) atoms. The summed E-state index contributed by atoms with van der Waals surface area (Å²) in [6.45, 7) is 8.06. The Morgan fingerprint density at radius 3 is 2.79 bits per heavy atom. The van der Waals surface area contributed by atoms with Crippen molar-refractivity contribution < 1.29 is 23.9 Å². The van der Waals surface area contributed by atoms with Crippen LogP contribution in [0.1, 0.15) is 39.5 Å². The number of carbonyl (C=O) groups is 1. The molecule has 2 aliphatic heterocycles. The van der Waals surface area contributed by atoms with Crippen molar-refractivity contribution in [1.29, 1.82) is 0 Å². The molecule has 2 aliphatic rings. The summed E-state index contributed by atoms with van der Waals surface area (Å²) in [5.74, 6) is -1.05. The summed E-state index contributed by atoms with van der Waals surface area (Å²) in [5.41, 5.74) is 0. The molecule has 2 unspecified atom stereocenters. The number of hydrogen-bond acceptors (Lipinski definition) is 4. The maximum Gasteiger partial charge on any atom is 0.311 e. The van der Waals surface area contributed by atoms with Gasteiger partial charge in [0.2, 0.25) is 0 Å². The van der Waals surface area contributed by atoms with Crippen LogP contribution in [0.5, 0.6) is 0 Å². The highest BCUT2D eigenvalue weighted by Crippen LogP contribution is 2.26. The van der Waals surface area contributed by atoms with E-state index in [0.717, 1.165) is 6.54 Å². The number of carbonyl (C=O) groups excluding carboxylic acids is 1. The van der Waals surface area contributed by atoms with Crippen LogP contribution < -0.4 is 4.90 Å². The zero-order valence-corrected chi connectivity index (χ0v) is 12.1. The summed E-state index contributed by atoms with van der Waals surface area (Å²) < 4.78 is 16.6. The highest BCUT2D eigenvalue weighted by molar-refractivity contribution is 5.70. The third-order valence-corrected chi connectivity index (χ3v) is 3.84. The van der Waals surface area contributed by atoms with E-state index in [0.29, 0.717) is 13.2 Å². The molecule has 0 aliphatic carbocycles. The van der Waals surface area contributed by atoms with Crippen molar-refractivity contribution in [2.24, 2.45) is 0 Å². The number of quaternary nitrogens is 1. The normalized spacial score (nSPS) is 32.4. The molecule has 2 saturated heterocycles. The van der Waals surface area contributed by atoms with Crippen LogP contribution >= 0.6 is 0 Å². The summed E-state index contributed by atoms with van der Waals surface area (Å²) >= 11 is 0. The van der Waals surface area contributed by atoms with Gasteiger partial charge in [0.15, 0.2) is 5.79 Å². The first-order valence-corrected chi connectivity index (χ1v) is 7.42. The van der Waals surface area contributed by atoms with Crippen LogP contribution in [-0.4, -0.2) is 50.7 Å². The third kappa shape index (κ3) is 4.44. The fourth-order valence-electron chi connectivity index (χ4n) is 2.94. The van der Waals surface area contributed by atoms with Gasteiger partial charge in [-0.3, -0.25) is 4.79 Å². The Morgan fingerprint density at radius 2 is 2.11 bits per heavy atom. The minimum atomic E-state index is -0.799. The van der Waals surface area contributed by atoms with Crippen LogP contribution in [0.2, 0.25) is 0 Å². The smallest absolute Gasteiger partial charge is 0.311 e. The molecule has 110 valence electrons. The number of ether oxygens (including phenoxy) is 3. The fraction of sp³-hybridized carbons (Fsp3) is 0.929. The number of esters is 1. The molecule has 0 amide bonds. The number of hydrogen-bond donors (Lipinski definition) is 1. The Hall–Kier alpha value is -0.650. The van der Waals surface area contributed by atoms with Gasteiger partial charge in [0.25, 0.3) is 0 Å². The lowest BCUT2D eigenvalue weighted by Gasteiger charge is -2.26. The van der Waals surface area contributed by atoms with Gasteiger partial charge < -0.3 is 19.1 Å². The molecule has 1 N–H and O–H groups in total. The van der Waals surface area contributed by atoms with Gasteiger partial charge in [-0.1, -0.05) is 0 Å². The SMILES string of the molecule is CCOC(=O)CC1(C)OCC(C[NH+]2CCCCC2)O1. The van der Waals surface area contributed by atoms with Crippen molar-refractivity contribution in [2.45, 2.75) is 51.4 Å². The number of nitrogens with one attached hydrogen (secondary N) is 1. The first-order chi connectivity index (χ1) is 9.11. The van der Waals surface area contributed by atoms with Gasteiger partial charge >= 0.3 is 5.97 Å². The van der Waals surface area contributed by atoms with Crippen molar-refractivity contribution in [3.05, 3.63) is 0 Å². The van der Waals surface area contributed by atoms with Gasteiger partial charge in [0.05, 0.1) is 32.7 Å². The average Bonchev–Trinajstić information content (AvgIpc) is 2.72. The second-order valence-corrected chi connectivity index (χ2v) is 5.68. The second-order valence-electron chi connectivity index (χ2n) is 5.68. The number of piperidine rings is 1. The Labute approximate surface area is 115 Å². The predicted molar refractivity (Wildman–Crippen MR) is 69.9 cm³/mol. The van der Waals surface area contributed by atoms with E-state index in [1.165, 1.54) is 32.4 Å². The highest BCUT2D eigenvalue weighted by atomic mass is 16.7. The van der Waals surface area contributed by atoms with E-state index in [2.05, 4.69) is 0 Å². The third-order valence-electron chi connectivity index (χ3n) is 3.84. The van der Waals surface area contributed by atoms with Gasteiger partial charge in [-0.15, -0.1) is 0 Å². The molecule has 2 atom stereocenters. The Bertz CT molecular complexity index is 304. The summed E-state index contributed by atoms with van der Waals surface area (Å²) in [5, 5.41) is 0. The summed E-state index contributed by atoms with van der Waals surface area (Å²) in [4.78, 5) is 13.1. The predicted octanol–water partition coefficient (Wildman–Crippen LogP) is 0.140. The van der Waals surface area contributed by atoms with E-state index in [9.17, 15) is 4.79 Å². The van der Waals surface area contributed by atoms with Crippen LogP contribution in [0.25, 0.3) is 0 Å². The van der Waals surface area contributed by atoms with E-state index in [1.807, 2.05) is 6.92 Å². The zero-order chi connectivity index (χ0) is 13.7. The number of likely N-dealkylation sites (tertiary alicyclic amines) is 1. The highest BCUT2D eigenvalue weighted by Gasteiger charge is 2.41. The molecule has 0 aromatic rings. The summed E-state index contributed by atoms with van der Waals surface area (Å²) in [6, 6.07) is 0. The molecule has 0 spiro atoms. The maximum atomic E-state index is 11.5. The molecule has 5 heteroatoms. The molecule has 0 aromatic heterocycles. The molecule has 2 rings (SSSR count). The first kappa shape index (κ1) is 14.8. The van der Waals surface area contributed by atoms with E-state index in [1.54, 1.807) is 11.8 Å². The van der Waals surface area contributed by atoms with Crippen LogP contribution in [0.15, 0.2) is 0 Å². The van der Waals surface area contributed by atoms with Crippen LogP contribution in [-0.2, 0) is 19.0 Å². The molecule has 2 heterocycles. The lowest BCUT2D eigenvalue weighted by Crippen LogP contribution is -3.13. The minimum absolute atomic E-state index is 0.104. The van der Waals surface area contributed by atoms with E-state index < -0.39 is 5.79 Å². The molecule has 0 aromatic carbocycles. The van der Waals surface area contributed by atoms with Crippen LogP contribution in [0, 0.1) is 0 Å². The van der Waals surface area contributed by atoms with Gasteiger partial charge in [-0.05, 0) is 33.1 Å². The number of rotatable bonds is 5. The van der Waals surface area contributed by atoms with E-state index >= 15 is 0 Å². The topological polar surface area (TPSA) is 49.2 Å². The van der Waals surface area contributed by atoms with Crippen molar-refractivity contribution >= 4 is 5.97 Å². The quantitative estimate of drug-likeness (QED) is 0.723. The Morgan fingerprint density at radius 1 is 1.37 bits per heavy atom. The van der Waals surface area contributed by atoms with Crippen LogP contribution in [0.3, 0.4) is 0 Å². The van der Waals surface area contributed by atoms with Crippen LogP contribution in [0.4, 0.5) is 0 Å². The van der Waals surface area contributed by atoms with E-state index in [4.69, 9.17) is 14.2 Å². The van der Waals surface area contributed by atoms with Gasteiger partial charge in [0.1, 0.15) is 12.6 Å². The zero-order valence-electron chi connectivity index (χ0n) is 12.1. The van der Waals surface area contributed by atoms with Crippen molar-refractivity contribution in [3.8, 4) is 0 Å². The van der Waals surface area contributed by atoms with E-state index in [-0.39, 0.29) is 18.5 Å². The average molecular weight is 272 g/mol. The molecule has 2 fully saturated rings. The van der Waals surface area contributed by atoms with Gasteiger partial charge in [0, 0.05) is 0 Å². The largest absolute Gasteiger partial charge is 0.466 e. The maximum absolute atomic E-state index is 11.5. The minimum Gasteiger partial charge on any atom is -0.466 e. The molecule has 0 saturated carbocycles. The van der Waals surface area contributed by atoms with Crippen molar-refractivity contribution in [3.63, 3.8) is 0 Å². The summed E-state index contributed by atoms with van der Waals surface area (Å²) in [7, 11) is 0. The van der Waals surface area contributed by atoms with Crippen molar-refractivity contribution in [1.82, 2.24) is 0 Å². The van der Waals surface area contributed by atoms with Gasteiger partial charge in [-0.25, -0.2) is 0 Å². The molecule has 5 nitrogen and oxygen atoms in total. The lowest BCUT2D eigenvalue weighted by atomic mass is 10.1. The lowest BCUT2D eigenvalue weighted by molar-refractivity contribution is -0.907. The Kier molecular flexibility index (Phi) is 5.19. The monoisotopic (exact) mass is 272 g/mol. The van der Waals surface area contributed by atoms with Gasteiger partial charge in [-0.2, -0.15) is 0 Å². The molecule has 0 radical (unpaired) electrons.